The van der Waals surface area contributed by atoms with Crippen molar-refractivity contribution in [2.75, 3.05) is 17.7 Å². The van der Waals surface area contributed by atoms with E-state index in [1.54, 1.807) is 6.07 Å². The van der Waals surface area contributed by atoms with E-state index in [1.807, 2.05) is 19.1 Å². The fraction of sp³-hybridized carbons (Fsp3) is 0.364. The molecule has 0 heterocycles. The van der Waals surface area contributed by atoms with Crippen molar-refractivity contribution in [2.45, 2.75) is 13.3 Å². The van der Waals surface area contributed by atoms with E-state index in [0.29, 0.717) is 24.0 Å². The number of nitrogens with two attached hydrogens (primary N) is 1. The average molecular weight is 272 g/mol. The molecule has 1 aromatic rings. The third-order valence-electron chi connectivity index (χ3n) is 1.97. The van der Waals surface area contributed by atoms with Crippen LogP contribution in [0.3, 0.4) is 0 Å². The Kier molecular flexibility index (Phi) is 4.62. The first-order chi connectivity index (χ1) is 7.17. The average Bonchev–Trinajstić information content (AvgIpc) is 2.22. The van der Waals surface area contributed by atoms with Crippen LogP contribution in [0.2, 0.25) is 0 Å². The Hall–Kier alpha value is -1.03. The van der Waals surface area contributed by atoms with Gasteiger partial charge in [-0.05, 0) is 18.6 Å². The lowest BCUT2D eigenvalue weighted by atomic mass is 10.1. The summed E-state index contributed by atoms with van der Waals surface area (Å²) in [7, 11) is 0. The van der Waals surface area contributed by atoms with Crippen molar-refractivity contribution < 1.29 is 9.53 Å². The third-order valence-corrected chi connectivity index (χ3v) is 2.59. The number of halogens is 1. The maximum Gasteiger partial charge on any atom is 0.147 e. The zero-order valence-corrected chi connectivity index (χ0v) is 10.2. The second kappa shape index (κ2) is 5.75. The van der Waals surface area contributed by atoms with Crippen LogP contribution in [0.25, 0.3) is 0 Å². The number of alkyl halides is 1. The lowest BCUT2D eigenvalue weighted by molar-refractivity contribution is -0.115. The molecule has 15 heavy (non-hydrogen) atoms. The Labute approximate surface area is 97.7 Å². The first-order valence-electron chi connectivity index (χ1n) is 4.76. The number of anilines is 1. The topological polar surface area (TPSA) is 52.3 Å². The van der Waals surface area contributed by atoms with Gasteiger partial charge in [0.15, 0.2) is 0 Å². The molecule has 0 aliphatic rings. The van der Waals surface area contributed by atoms with E-state index >= 15 is 0 Å². The van der Waals surface area contributed by atoms with E-state index in [0.717, 1.165) is 11.3 Å². The van der Waals surface area contributed by atoms with Gasteiger partial charge in [0.25, 0.3) is 0 Å². The van der Waals surface area contributed by atoms with Crippen LogP contribution in [0.5, 0.6) is 5.75 Å². The molecule has 0 fully saturated rings. The molecule has 2 N–H and O–H groups in total. The summed E-state index contributed by atoms with van der Waals surface area (Å²) in [6, 6.07) is 5.41. The van der Waals surface area contributed by atoms with Gasteiger partial charge in [-0.3, -0.25) is 4.79 Å². The summed E-state index contributed by atoms with van der Waals surface area (Å²) in [5.74, 6) is 0.857. The van der Waals surface area contributed by atoms with E-state index in [2.05, 4.69) is 15.9 Å². The van der Waals surface area contributed by atoms with E-state index in [-0.39, 0.29) is 5.78 Å². The summed E-state index contributed by atoms with van der Waals surface area (Å²) >= 11 is 3.12. The van der Waals surface area contributed by atoms with Crippen molar-refractivity contribution >= 4 is 27.4 Å². The highest BCUT2D eigenvalue weighted by Crippen LogP contribution is 2.20. The summed E-state index contributed by atoms with van der Waals surface area (Å²) in [5, 5.41) is 0.361. The number of rotatable bonds is 5. The van der Waals surface area contributed by atoms with Crippen LogP contribution in [0.1, 0.15) is 12.5 Å². The van der Waals surface area contributed by atoms with Gasteiger partial charge in [0.2, 0.25) is 0 Å². The highest BCUT2D eigenvalue weighted by molar-refractivity contribution is 9.09. The number of hydrogen-bond donors (Lipinski definition) is 1. The number of benzene rings is 1. The molecule has 0 aliphatic carbocycles. The minimum absolute atomic E-state index is 0.117. The zero-order chi connectivity index (χ0) is 11.3. The Morgan fingerprint density at radius 2 is 2.27 bits per heavy atom. The van der Waals surface area contributed by atoms with Crippen LogP contribution in [-0.2, 0) is 11.2 Å². The molecule has 0 atom stereocenters. The summed E-state index contributed by atoms with van der Waals surface area (Å²) in [5.41, 5.74) is 7.26. The van der Waals surface area contributed by atoms with E-state index in [4.69, 9.17) is 10.5 Å². The van der Waals surface area contributed by atoms with E-state index in [9.17, 15) is 4.79 Å². The third kappa shape index (κ3) is 3.55. The standard InChI is InChI=1S/C11H14BrNO2/c1-2-15-10-4-3-8(11(13)6-10)5-9(14)7-12/h3-4,6H,2,5,7,13H2,1H3. The summed E-state index contributed by atoms with van der Waals surface area (Å²) in [6.07, 6.45) is 0.365. The van der Waals surface area contributed by atoms with Crippen LogP contribution in [0, 0.1) is 0 Å². The molecule has 0 aliphatic heterocycles. The minimum Gasteiger partial charge on any atom is -0.494 e. The second-order valence-electron chi connectivity index (χ2n) is 3.14. The van der Waals surface area contributed by atoms with E-state index in [1.165, 1.54) is 0 Å². The fourth-order valence-corrected chi connectivity index (χ4v) is 1.45. The summed E-state index contributed by atoms with van der Waals surface area (Å²) in [6.45, 7) is 2.53. The molecule has 82 valence electrons. The number of nitrogen functional groups attached to an aromatic ring is 1. The number of ether oxygens (including phenoxy) is 1. The van der Waals surface area contributed by atoms with Gasteiger partial charge < -0.3 is 10.5 Å². The molecule has 0 amide bonds. The highest BCUT2D eigenvalue weighted by atomic mass is 79.9. The fourth-order valence-electron chi connectivity index (χ4n) is 1.25. The van der Waals surface area contributed by atoms with Gasteiger partial charge in [-0.2, -0.15) is 0 Å². The van der Waals surface area contributed by atoms with Crippen LogP contribution in [-0.4, -0.2) is 17.7 Å². The van der Waals surface area contributed by atoms with Gasteiger partial charge in [-0.25, -0.2) is 0 Å². The maximum absolute atomic E-state index is 11.2. The normalized spacial score (nSPS) is 10.0. The van der Waals surface area contributed by atoms with Crippen LogP contribution in [0.4, 0.5) is 5.69 Å². The Morgan fingerprint density at radius 1 is 1.53 bits per heavy atom. The molecule has 0 radical (unpaired) electrons. The molecule has 0 unspecified atom stereocenters. The predicted octanol–water partition coefficient (Wildman–Crippen LogP) is 2.17. The van der Waals surface area contributed by atoms with E-state index < -0.39 is 0 Å². The quantitative estimate of drug-likeness (QED) is 0.660. The lowest BCUT2D eigenvalue weighted by Gasteiger charge is -2.07. The van der Waals surface area contributed by atoms with Gasteiger partial charge in [0, 0.05) is 18.2 Å². The SMILES string of the molecule is CCOc1ccc(CC(=O)CBr)c(N)c1. The predicted molar refractivity (Wildman–Crippen MR) is 64.5 cm³/mol. The van der Waals surface area contributed by atoms with Gasteiger partial charge in [-0.15, -0.1) is 0 Å². The molecule has 0 saturated carbocycles. The van der Waals surface area contributed by atoms with Crippen molar-refractivity contribution in [3.8, 4) is 5.75 Å². The van der Waals surface area contributed by atoms with Gasteiger partial charge in [0.05, 0.1) is 11.9 Å². The monoisotopic (exact) mass is 271 g/mol. The van der Waals surface area contributed by atoms with Gasteiger partial charge >= 0.3 is 0 Å². The smallest absolute Gasteiger partial charge is 0.147 e. The summed E-state index contributed by atoms with van der Waals surface area (Å²) < 4.78 is 5.30. The Balaban J connectivity index is 2.78. The van der Waals surface area contributed by atoms with Crippen molar-refractivity contribution in [1.29, 1.82) is 0 Å². The first kappa shape index (κ1) is 12.0. The van der Waals surface area contributed by atoms with Crippen LogP contribution >= 0.6 is 15.9 Å². The van der Waals surface area contributed by atoms with Crippen molar-refractivity contribution in [3.05, 3.63) is 23.8 Å². The molecule has 0 aromatic heterocycles. The molecule has 0 spiro atoms. The molecular formula is C11H14BrNO2. The maximum atomic E-state index is 11.2. The summed E-state index contributed by atoms with van der Waals surface area (Å²) in [4.78, 5) is 11.2. The van der Waals surface area contributed by atoms with Crippen LogP contribution < -0.4 is 10.5 Å². The number of ketones is 1. The Bertz CT molecular complexity index is 352. The number of hydrogen-bond acceptors (Lipinski definition) is 3. The lowest BCUT2D eigenvalue weighted by Crippen LogP contribution is -2.06. The number of Topliss-reactive ketones (excluding diaryl/α,β-unsaturated/α-hetero) is 1. The Morgan fingerprint density at radius 3 is 2.80 bits per heavy atom. The van der Waals surface area contributed by atoms with Crippen LogP contribution in [0.15, 0.2) is 18.2 Å². The van der Waals surface area contributed by atoms with Gasteiger partial charge in [-0.1, -0.05) is 22.0 Å². The van der Waals surface area contributed by atoms with Gasteiger partial charge in [0.1, 0.15) is 11.5 Å². The molecule has 0 saturated heterocycles. The minimum atomic E-state index is 0.117. The molecule has 0 bridgehead atoms. The van der Waals surface area contributed by atoms with Crippen molar-refractivity contribution in [1.82, 2.24) is 0 Å². The molecule has 1 aromatic carbocycles. The first-order valence-corrected chi connectivity index (χ1v) is 5.88. The highest BCUT2D eigenvalue weighted by Gasteiger charge is 2.06. The molecule has 1 rings (SSSR count). The largest absolute Gasteiger partial charge is 0.494 e. The number of carbonyl (C=O) groups is 1. The zero-order valence-electron chi connectivity index (χ0n) is 8.63. The van der Waals surface area contributed by atoms with Crippen molar-refractivity contribution in [3.63, 3.8) is 0 Å². The molecule has 3 nitrogen and oxygen atoms in total. The van der Waals surface area contributed by atoms with Crippen molar-refractivity contribution in [2.24, 2.45) is 0 Å². The number of carbonyl (C=O) groups excluding carboxylic acids is 1. The second-order valence-corrected chi connectivity index (χ2v) is 3.70. The molecular weight excluding hydrogens is 258 g/mol. The molecule has 4 heteroatoms.